The van der Waals surface area contributed by atoms with E-state index >= 15 is 0 Å². The third-order valence-corrected chi connectivity index (χ3v) is 8.30. The number of carbonyl (C=O) groups is 1. The molecule has 1 aliphatic heterocycles. The Kier molecular flexibility index (Phi) is 7.09. The van der Waals surface area contributed by atoms with E-state index in [1.165, 1.54) is 18.9 Å². The number of nitrogens with one attached hydrogen (secondary N) is 1. The van der Waals surface area contributed by atoms with Crippen LogP contribution in [-0.4, -0.2) is 42.0 Å². The van der Waals surface area contributed by atoms with Crippen LogP contribution in [0.4, 0.5) is 5.82 Å². The fourth-order valence-electron chi connectivity index (χ4n) is 5.41. The van der Waals surface area contributed by atoms with E-state index in [9.17, 15) is 13.2 Å². The molecule has 0 spiro atoms. The molecule has 2 fully saturated rings. The maximum Gasteiger partial charge on any atom is 0.281 e. The third kappa shape index (κ3) is 5.77. The summed E-state index contributed by atoms with van der Waals surface area (Å²) < 4.78 is 34.6. The summed E-state index contributed by atoms with van der Waals surface area (Å²) in [6.07, 6.45) is 8.88. The van der Waals surface area contributed by atoms with Crippen molar-refractivity contribution < 1.29 is 17.9 Å². The minimum absolute atomic E-state index is 0.191. The van der Waals surface area contributed by atoms with Crippen LogP contribution in [0.2, 0.25) is 0 Å². The molecule has 3 heterocycles. The second kappa shape index (κ2) is 9.76. The summed E-state index contributed by atoms with van der Waals surface area (Å²) in [6.45, 7) is 9.16. The molecule has 0 bridgehead atoms. The van der Waals surface area contributed by atoms with Gasteiger partial charge in [-0.2, -0.15) is 13.4 Å². The lowest BCUT2D eigenvalue weighted by Gasteiger charge is -2.33. The van der Waals surface area contributed by atoms with Crippen molar-refractivity contribution in [2.45, 2.75) is 88.8 Å². The zero-order chi connectivity index (χ0) is 25.3. The van der Waals surface area contributed by atoms with Gasteiger partial charge in [-0.15, -0.1) is 0 Å². The van der Waals surface area contributed by atoms with Crippen molar-refractivity contribution in [1.82, 2.24) is 14.7 Å². The zero-order valence-corrected chi connectivity index (χ0v) is 21.9. The first-order valence-electron chi connectivity index (χ1n) is 12.5. The minimum atomic E-state index is -4.21. The van der Waals surface area contributed by atoms with Gasteiger partial charge < -0.3 is 9.64 Å². The number of anilines is 1. The van der Waals surface area contributed by atoms with Gasteiger partial charge in [-0.1, -0.05) is 25.8 Å². The number of hydrogen-bond donors (Lipinski definition) is 1. The lowest BCUT2D eigenvalue weighted by Crippen LogP contribution is -2.41. The number of nitrogens with zero attached hydrogens (tertiary/aromatic N) is 3. The fourth-order valence-corrected chi connectivity index (χ4v) is 6.34. The van der Waals surface area contributed by atoms with Crippen molar-refractivity contribution in [3.05, 3.63) is 42.1 Å². The van der Waals surface area contributed by atoms with Crippen LogP contribution in [0.5, 0.6) is 5.88 Å². The Morgan fingerprint density at radius 3 is 2.46 bits per heavy atom. The average Bonchev–Trinajstić information content (AvgIpc) is 2.93. The summed E-state index contributed by atoms with van der Waals surface area (Å²) >= 11 is 0. The van der Waals surface area contributed by atoms with E-state index in [1.54, 1.807) is 30.5 Å². The largest absolute Gasteiger partial charge is 0.471 e. The average molecular weight is 501 g/mol. The Morgan fingerprint density at radius 2 is 1.80 bits per heavy atom. The Hall–Kier alpha value is -2.68. The fraction of sp³-hybridized carbons (Fsp3) is 0.577. The van der Waals surface area contributed by atoms with Gasteiger partial charge in [0.25, 0.3) is 15.9 Å². The lowest BCUT2D eigenvalue weighted by molar-refractivity contribution is 0.0661. The lowest BCUT2D eigenvalue weighted by atomic mass is 9.97. The van der Waals surface area contributed by atoms with E-state index < -0.39 is 15.9 Å². The number of carbonyl (C=O) groups excluding carboxylic acids is 1. The second-order valence-electron chi connectivity index (χ2n) is 10.8. The summed E-state index contributed by atoms with van der Waals surface area (Å²) in [6, 6.07) is 7.86. The quantitative estimate of drug-likeness (QED) is 0.573. The van der Waals surface area contributed by atoms with Gasteiger partial charge in [0.2, 0.25) is 5.88 Å². The molecule has 2 aromatic rings. The van der Waals surface area contributed by atoms with Gasteiger partial charge in [0, 0.05) is 24.3 Å². The van der Waals surface area contributed by atoms with E-state index in [0.717, 1.165) is 38.6 Å². The van der Waals surface area contributed by atoms with Crippen LogP contribution in [0, 0.1) is 5.92 Å². The van der Waals surface area contributed by atoms with Crippen LogP contribution in [0.15, 0.2) is 41.6 Å². The molecule has 2 aliphatic rings. The molecular weight excluding hydrogens is 464 g/mol. The van der Waals surface area contributed by atoms with Crippen LogP contribution in [0.3, 0.4) is 0 Å². The molecule has 35 heavy (non-hydrogen) atoms. The standard InChI is InChI=1S/C26H36N4O4S/c1-19-17-25(2,3)30(18-19)23-20(11-10-16-27-23)24(31)29-35(32,33)22-13-9-12-21(28-22)34-26(4)14-7-5-6-8-15-26/h9-13,16,19H,5-8,14-15,17-18H2,1-4H3,(H,29,31). The summed E-state index contributed by atoms with van der Waals surface area (Å²) in [7, 11) is -4.21. The highest BCUT2D eigenvalue weighted by Crippen LogP contribution is 2.37. The molecule has 1 aliphatic carbocycles. The normalized spacial score (nSPS) is 21.8. The topological polar surface area (TPSA) is 101 Å². The maximum atomic E-state index is 13.2. The van der Waals surface area contributed by atoms with Gasteiger partial charge in [0.1, 0.15) is 11.4 Å². The van der Waals surface area contributed by atoms with Gasteiger partial charge >= 0.3 is 0 Å². The van der Waals surface area contributed by atoms with Gasteiger partial charge in [0.15, 0.2) is 5.03 Å². The number of rotatable bonds is 6. The minimum Gasteiger partial charge on any atom is -0.471 e. The number of sulfonamides is 1. The maximum absolute atomic E-state index is 13.2. The van der Waals surface area contributed by atoms with Crippen LogP contribution in [0.25, 0.3) is 0 Å². The zero-order valence-electron chi connectivity index (χ0n) is 21.1. The first-order valence-corrected chi connectivity index (χ1v) is 13.9. The summed E-state index contributed by atoms with van der Waals surface area (Å²) in [5, 5.41) is -0.249. The molecule has 0 aromatic carbocycles. The van der Waals surface area contributed by atoms with Crippen molar-refractivity contribution in [2.75, 3.05) is 11.4 Å². The molecule has 1 unspecified atom stereocenters. The molecule has 8 nitrogen and oxygen atoms in total. The van der Waals surface area contributed by atoms with E-state index in [1.807, 2.05) is 6.92 Å². The van der Waals surface area contributed by atoms with Gasteiger partial charge in [0.05, 0.1) is 5.56 Å². The molecule has 1 saturated heterocycles. The summed E-state index contributed by atoms with van der Waals surface area (Å²) in [4.78, 5) is 23.9. The molecule has 1 N–H and O–H groups in total. The van der Waals surface area contributed by atoms with Crippen LogP contribution >= 0.6 is 0 Å². The van der Waals surface area contributed by atoms with Crippen molar-refractivity contribution in [2.24, 2.45) is 5.92 Å². The molecule has 1 atom stereocenters. The highest BCUT2D eigenvalue weighted by atomic mass is 32.2. The molecule has 2 aromatic heterocycles. The highest BCUT2D eigenvalue weighted by molar-refractivity contribution is 7.90. The predicted octanol–water partition coefficient (Wildman–Crippen LogP) is 4.71. The first kappa shape index (κ1) is 25.4. The van der Waals surface area contributed by atoms with Crippen molar-refractivity contribution in [3.63, 3.8) is 0 Å². The van der Waals surface area contributed by atoms with Crippen LogP contribution in [-0.2, 0) is 10.0 Å². The number of ether oxygens (including phenoxy) is 1. The summed E-state index contributed by atoms with van der Waals surface area (Å²) in [5.41, 5.74) is -0.348. The van der Waals surface area contributed by atoms with Crippen LogP contribution in [0.1, 0.15) is 83.0 Å². The molecule has 1 amide bonds. The molecule has 1 saturated carbocycles. The molecule has 4 rings (SSSR count). The smallest absolute Gasteiger partial charge is 0.281 e. The second-order valence-corrected chi connectivity index (χ2v) is 12.5. The van der Waals surface area contributed by atoms with E-state index in [0.29, 0.717) is 11.7 Å². The number of amides is 1. The van der Waals surface area contributed by atoms with Gasteiger partial charge in [-0.3, -0.25) is 4.79 Å². The van der Waals surface area contributed by atoms with E-state index in [-0.39, 0.29) is 27.6 Å². The highest BCUT2D eigenvalue weighted by Gasteiger charge is 2.39. The van der Waals surface area contributed by atoms with Gasteiger partial charge in [-0.05, 0) is 77.0 Å². The molecule has 190 valence electrons. The van der Waals surface area contributed by atoms with E-state index in [2.05, 4.69) is 40.4 Å². The molecular formula is C26H36N4O4S. The van der Waals surface area contributed by atoms with Gasteiger partial charge in [-0.25, -0.2) is 9.71 Å². The Labute approximate surface area is 208 Å². The Balaban J connectivity index is 1.55. The van der Waals surface area contributed by atoms with Crippen LogP contribution < -0.4 is 14.4 Å². The van der Waals surface area contributed by atoms with Crippen molar-refractivity contribution >= 4 is 21.7 Å². The molecule has 9 heteroatoms. The Bertz CT molecular complexity index is 1170. The Morgan fingerprint density at radius 1 is 1.09 bits per heavy atom. The predicted molar refractivity (Wildman–Crippen MR) is 135 cm³/mol. The summed E-state index contributed by atoms with van der Waals surface area (Å²) in [5.74, 6) is 0.446. The monoisotopic (exact) mass is 500 g/mol. The number of aromatic nitrogens is 2. The van der Waals surface area contributed by atoms with Crippen molar-refractivity contribution in [3.8, 4) is 5.88 Å². The number of pyridine rings is 2. The van der Waals surface area contributed by atoms with Crippen molar-refractivity contribution in [1.29, 1.82) is 0 Å². The molecule has 0 radical (unpaired) electrons. The first-order chi connectivity index (χ1) is 16.5. The number of hydrogen-bond acceptors (Lipinski definition) is 7. The third-order valence-electron chi connectivity index (χ3n) is 7.07. The van der Waals surface area contributed by atoms with E-state index in [4.69, 9.17) is 4.74 Å². The SMILES string of the molecule is CC1CN(c2ncccc2C(=O)NS(=O)(=O)c2cccc(OC3(C)CCCCCC3)n2)C(C)(C)C1.